The van der Waals surface area contributed by atoms with Crippen molar-refractivity contribution in [3.63, 3.8) is 0 Å². The number of hydrogen-bond acceptors (Lipinski definition) is 4. The number of benzene rings is 1. The number of hydrogen-bond donors (Lipinski definition) is 1. The quantitative estimate of drug-likeness (QED) is 0.645. The Morgan fingerprint density at radius 3 is 2.58 bits per heavy atom. The number of anilines is 1. The van der Waals surface area contributed by atoms with Crippen molar-refractivity contribution in [3.05, 3.63) is 29.6 Å². The number of carbonyl (C=O) groups is 4. The first-order valence-electron chi connectivity index (χ1n) is 7.44. The fourth-order valence-electron chi connectivity index (χ4n) is 3.35. The van der Waals surface area contributed by atoms with Crippen LogP contribution in [0.15, 0.2) is 18.2 Å². The molecular weight excluding hydrogens is 319 g/mol. The monoisotopic (exact) mass is 334 g/mol. The average Bonchev–Trinajstić information content (AvgIpc) is 2.89. The highest BCUT2D eigenvalue weighted by Crippen LogP contribution is 2.48. The van der Waals surface area contributed by atoms with E-state index in [4.69, 9.17) is 5.11 Å². The smallest absolute Gasteiger partial charge is 0.303 e. The van der Waals surface area contributed by atoms with Gasteiger partial charge in [0.15, 0.2) is 5.41 Å². The lowest BCUT2D eigenvalue weighted by Crippen LogP contribution is -2.46. The van der Waals surface area contributed by atoms with Crippen LogP contribution in [-0.2, 0) is 24.6 Å². The van der Waals surface area contributed by atoms with Crippen molar-refractivity contribution >= 4 is 29.4 Å². The van der Waals surface area contributed by atoms with Gasteiger partial charge >= 0.3 is 5.97 Å². The molecule has 1 saturated heterocycles. The van der Waals surface area contributed by atoms with E-state index in [1.807, 2.05) is 0 Å². The van der Waals surface area contributed by atoms with Crippen LogP contribution in [0.5, 0.6) is 0 Å². The molecule has 1 fully saturated rings. The first-order valence-corrected chi connectivity index (χ1v) is 7.44. The van der Waals surface area contributed by atoms with E-state index < -0.39 is 34.9 Å². The molecule has 0 bridgehead atoms. The SMILES string of the molecule is CN1C(=O)CC2(C1=O)C(=O)N(CCCC(=O)O)c1ccc(F)cc12. The van der Waals surface area contributed by atoms with E-state index in [0.717, 1.165) is 11.0 Å². The van der Waals surface area contributed by atoms with Crippen molar-refractivity contribution in [1.29, 1.82) is 0 Å². The Kier molecular flexibility index (Phi) is 3.62. The topological polar surface area (TPSA) is 95.0 Å². The van der Waals surface area contributed by atoms with Crippen LogP contribution in [0.3, 0.4) is 0 Å². The van der Waals surface area contributed by atoms with Crippen molar-refractivity contribution in [2.75, 3.05) is 18.5 Å². The number of carboxylic acid groups (broad SMARTS) is 1. The Hall–Kier alpha value is -2.77. The Labute approximate surface area is 136 Å². The van der Waals surface area contributed by atoms with Crippen LogP contribution in [0.2, 0.25) is 0 Å². The molecule has 126 valence electrons. The van der Waals surface area contributed by atoms with Gasteiger partial charge in [-0.3, -0.25) is 24.1 Å². The third-order valence-electron chi connectivity index (χ3n) is 4.55. The number of amides is 3. The molecule has 0 aliphatic carbocycles. The summed E-state index contributed by atoms with van der Waals surface area (Å²) in [4.78, 5) is 50.3. The van der Waals surface area contributed by atoms with E-state index in [1.54, 1.807) is 0 Å². The summed E-state index contributed by atoms with van der Waals surface area (Å²) in [7, 11) is 1.29. The molecule has 1 aromatic carbocycles. The van der Waals surface area contributed by atoms with Crippen LogP contribution in [0.4, 0.5) is 10.1 Å². The summed E-state index contributed by atoms with van der Waals surface area (Å²) >= 11 is 0. The molecule has 7 nitrogen and oxygen atoms in total. The third kappa shape index (κ3) is 2.10. The van der Waals surface area contributed by atoms with Crippen molar-refractivity contribution in [2.45, 2.75) is 24.7 Å². The second-order valence-corrected chi connectivity index (χ2v) is 5.96. The van der Waals surface area contributed by atoms with Gasteiger partial charge in [0.05, 0.1) is 6.42 Å². The van der Waals surface area contributed by atoms with Crippen molar-refractivity contribution < 1.29 is 28.7 Å². The summed E-state index contributed by atoms with van der Waals surface area (Å²) < 4.78 is 13.7. The van der Waals surface area contributed by atoms with Crippen molar-refractivity contribution in [1.82, 2.24) is 4.90 Å². The zero-order valence-corrected chi connectivity index (χ0v) is 12.9. The first kappa shape index (κ1) is 16.1. The normalized spacial score (nSPS) is 22.7. The number of halogens is 1. The van der Waals surface area contributed by atoms with Crippen LogP contribution in [0.1, 0.15) is 24.8 Å². The molecule has 3 rings (SSSR count). The van der Waals surface area contributed by atoms with Gasteiger partial charge in [-0.05, 0) is 24.6 Å². The van der Waals surface area contributed by atoms with Gasteiger partial charge in [-0.1, -0.05) is 0 Å². The number of carboxylic acids is 1. The maximum absolute atomic E-state index is 13.7. The summed E-state index contributed by atoms with van der Waals surface area (Å²) in [6, 6.07) is 3.66. The summed E-state index contributed by atoms with van der Waals surface area (Å²) in [5.74, 6) is -3.39. The largest absolute Gasteiger partial charge is 0.481 e. The minimum atomic E-state index is -1.73. The summed E-state index contributed by atoms with van der Waals surface area (Å²) in [6.07, 6.45) is -0.293. The molecule has 2 aliphatic heterocycles. The van der Waals surface area contributed by atoms with E-state index in [0.29, 0.717) is 5.69 Å². The molecule has 1 aromatic rings. The number of carbonyl (C=O) groups excluding carboxylic acids is 3. The molecule has 3 amide bonds. The van der Waals surface area contributed by atoms with E-state index >= 15 is 0 Å². The van der Waals surface area contributed by atoms with E-state index in [1.165, 1.54) is 24.1 Å². The van der Waals surface area contributed by atoms with Crippen LogP contribution >= 0.6 is 0 Å². The van der Waals surface area contributed by atoms with Gasteiger partial charge in [0, 0.05) is 31.3 Å². The minimum absolute atomic E-state index is 0.0801. The first-order chi connectivity index (χ1) is 11.3. The fourth-order valence-corrected chi connectivity index (χ4v) is 3.35. The average molecular weight is 334 g/mol. The van der Waals surface area contributed by atoms with Crippen LogP contribution in [0, 0.1) is 5.82 Å². The molecule has 8 heteroatoms. The van der Waals surface area contributed by atoms with Gasteiger partial charge in [-0.15, -0.1) is 0 Å². The molecule has 0 aromatic heterocycles. The molecule has 24 heavy (non-hydrogen) atoms. The highest BCUT2D eigenvalue weighted by atomic mass is 19.1. The molecule has 2 heterocycles. The predicted octanol–water partition coefficient (Wildman–Crippen LogP) is 0.664. The maximum atomic E-state index is 13.7. The number of likely N-dealkylation sites (tertiary alicyclic amines) is 1. The zero-order valence-electron chi connectivity index (χ0n) is 12.9. The number of nitrogens with zero attached hydrogens (tertiary/aromatic N) is 2. The lowest BCUT2D eigenvalue weighted by molar-refractivity contribution is -0.141. The Balaban J connectivity index is 2.05. The van der Waals surface area contributed by atoms with Gasteiger partial charge in [0.25, 0.3) is 0 Å². The maximum Gasteiger partial charge on any atom is 0.303 e. The number of rotatable bonds is 4. The zero-order chi connectivity index (χ0) is 17.6. The minimum Gasteiger partial charge on any atom is -0.481 e. The van der Waals surface area contributed by atoms with E-state index in [9.17, 15) is 23.6 Å². The molecular formula is C16H15FN2O5. The Morgan fingerprint density at radius 2 is 2.00 bits per heavy atom. The molecule has 2 aliphatic rings. The highest BCUT2D eigenvalue weighted by molar-refractivity contribution is 6.28. The predicted molar refractivity (Wildman–Crippen MR) is 79.7 cm³/mol. The Bertz CT molecular complexity index is 778. The Morgan fingerprint density at radius 1 is 1.29 bits per heavy atom. The van der Waals surface area contributed by atoms with Gasteiger partial charge < -0.3 is 10.0 Å². The standard InChI is InChI=1S/C16H15FN2O5/c1-18-12(20)8-16(14(18)23)10-7-9(17)4-5-11(10)19(15(16)24)6-2-3-13(21)22/h4-5,7H,2-3,6,8H2,1H3,(H,21,22). The molecule has 1 unspecified atom stereocenters. The number of likely N-dealkylation sites (N-methyl/N-ethyl adjacent to an activating group) is 1. The molecule has 1 atom stereocenters. The molecule has 1 N–H and O–H groups in total. The molecule has 0 radical (unpaired) electrons. The van der Waals surface area contributed by atoms with Crippen molar-refractivity contribution in [2.24, 2.45) is 0 Å². The number of imide groups is 1. The van der Waals surface area contributed by atoms with E-state index in [2.05, 4.69) is 0 Å². The third-order valence-corrected chi connectivity index (χ3v) is 4.55. The molecule has 0 saturated carbocycles. The number of aliphatic carboxylic acids is 1. The van der Waals surface area contributed by atoms with Crippen LogP contribution < -0.4 is 4.90 Å². The van der Waals surface area contributed by atoms with Gasteiger partial charge in [0.1, 0.15) is 5.82 Å². The number of fused-ring (bicyclic) bond motifs is 2. The second-order valence-electron chi connectivity index (χ2n) is 5.96. The second kappa shape index (κ2) is 5.40. The highest BCUT2D eigenvalue weighted by Gasteiger charge is 2.62. The van der Waals surface area contributed by atoms with E-state index in [-0.39, 0.29) is 31.4 Å². The molecule has 1 spiro atoms. The van der Waals surface area contributed by atoms with Gasteiger partial charge in [0.2, 0.25) is 17.7 Å². The lowest BCUT2D eigenvalue weighted by atomic mass is 9.80. The summed E-state index contributed by atoms with van der Waals surface area (Å²) in [6.45, 7) is 0.0801. The van der Waals surface area contributed by atoms with Crippen LogP contribution in [0.25, 0.3) is 0 Å². The lowest BCUT2D eigenvalue weighted by Gasteiger charge is -2.21. The van der Waals surface area contributed by atoms with Gasteiger partial charge in [-0.25, -0.2) is 4.39 Å². The fraction of sp³-hybridized carbons (Fsp3) is 0.375. The van der Waals surface area contributed by atoms with Gasteiger partial charge in [-0.2, -0.15) is 0 Å². The summed E-state index contributed by atoms with van der Waals surface area (Å²) in [5, 5.41) is 8.74. The van der Waals surface area contributed by atoms with Crippen molar-refractivity contribution in [3.8, 4) is 0 Å². The summed E-state index contributed by atoms with van der Waals surface area (Å²) in [5.41, 5.74) is -1.21. The van der Waals surface area contributed by atoms with Crippen LogP contribution in [-0.4, -0.2) is 47.3 Å².